The fraction of sp³-hybridized carbons (Fsp3) is 0.133. The van der Waals surface area contributed by atoms with Gasteiger partial charge in [0.25, 0.3) is 11.0 Å². The summed E-state index contributed by atoms with van der Waals surface area (Å²) in [5.41, 5.74) is 0.564. The molecule has 0 amide bonds. The number of aromatic hydroxyl groups is 2. The monoisotopic (exact) mass is 378 g/mol. The van der Waals surface area contributed by atoms with Crippen molar-refractivity contribution >= 4 is 17.3 Å². The molecule has 0 spiro atoms. The molecule has 3 rings (SSSR count). The molecule has 0 aliphatic carbocycles. The first-order valence-electron chi connectivity index (χ1n) is 7.14. The van der Waals surface area contributed by atoms with Gasteiger partial charge in [-0.05, 0) is 30.2 Å². The average molecular weight is 379 g/mol. The fourth-order valence-corrected chi connectivity index (χ4v) is 2.81. The summed E-state index contributed by atoms with van der Waals surface area (Å²) in [6.07, 6.45) is 0. The van der Waals surface area contributed by atoms with E-state index in [1.165, 1.54) is 0 Å². The number of halogens is 1. The van der Waals surface area contributed by atoms with Gasteiger partial charge in [0.15, 0.2) is 11.4 Å². The summed E-state index contributed by atoms with van der Waals surface area (Å²) in [5, 5.41) is 45.7. The Hall–Kier alpha value is -3.40. The molecule has 134 valence electrons. The van der Waals surface area contributed by atoms with Crippen LogP contribution in [-0.4, -0.2) is 25.3 Å². The zero-order chi connectivity index (χ0) is 19.2. The average Bonchev–Trinajstić information content (AvgIpc) is 3.04. The van der Waals surface area contributed by atoms with E-state index in [1.54, 1.807) is 19.9 Å². The van der Waals surface area contributed by atoms with Crippen molar-refractivity contribution in [1.29, 1.82) is 0 Å². The summed E-state index contributed by atoms with van der Waals surface area (Å²) in [6, 6.07) is 3.61. The van der Waals surface area contributed by atoms with Crippen LogP contribution in [0.3, 0.4) is 0 Å². The predicted octanol–water partition coefficient (Wildman–Crippen LogP) is 2.63. The molecular weight excluding hydrogens is 368 g/mol. The number of phenolic OH excluding ortho intramolecular Hbond substituents is 2. The van der Waals surface area contributed by atoms with Gasteiger partial charge < -0.3 is 19.9 Å². The van der Waals surface area contributed by atoms with Crippen LogP contribution in [-0.2, 0) is 0 Å². The third kappa shape index (κ3) is 2.75. The minimum absolute atomic E-state index is 0.00215. The van der Waals surface area contributed by atoms with Gasteiger partial charge in [-0.2, -0.15) is 9.71 Å². The first kappa shape index (κ1) is 17.4. The standard InChI is InChI=1S/C15H11ClN4O6/c1-6-3-7(2)19(23)13(16)11(6)14-17-15(26-18-14)8-4-9(20(24)25)12(22)10(21)5-8/h3-5,21-22H,1-2H3. The van der Waals surface area contributed by atoms with E-state index < -0.39 is 22.1 Å². The van der Waals surface area contributed by atoms with E-state index in [0.717, 1.165) is 12.1 Å². The van der Waals surface area contributed by atoms with Crippen LogP contribution in [0.4, 0.5) is 5.69 Å². The summed E-state index contributed by atoms with van der Waals surface area (Å²) in [6.45, 7) is 3.30. The lowest BCUT2D eigenvalue weighted by Crippen LogP contribution is -2.32. The molecule has 0 saturated heterocycles. The van der Waals surface area contributed by atoms with Gasteiger partial charge in [-0.25, -0.2) is 0 Å². The third-order valence-corrected chi connectivity index (χ3v) is 4.03. The molecule has 1 aromatic carbocycles. The Morgan fingerprint density at radius 1 is 1.27 bits per heavy atom. The van der Waals surface area contributed by atoms with Crippen LogP contribution in [0.15, 0.2) is 22.7 Å². The van der Waals surface area contributed by atoms with E-state index in [1.807, 2.05) is 0 Å². The Morgan fingerprint density at radius 2 is 1.96 bits per heavy atom. The summed E-state index contributed by atoms with van der Waals surface area (Å²) in [4.78, 5) is 14.2. The van der Waals surface area contributed by atoms with Crippen LogP contribution >= 0.6 is 11.6 Å². The Bertz CT molecular complexity index is 1050. The molecule has 3 aromatic rings. The minimum Gasteiger partial charge on any atom is -0.617 e. The van der Waals surface area contributed by atoms with Crippen LogP contribution in [0.2, 0.25) is 5.15 Å². The normalized spacial score (nSPS) is 10.9. The van der Waals surface area contributed by atoms with Crippen LogP contribution in [0.25, 0.3) is 22.8 Å². The molecule has 0 radical (unpaired) electrons. The van der Waals surface area contributed by atoms with Crippen molar-refractivity contribution < 1.29 is 24.4 Å². The second-order valence-corrected chi connectivity index (χ2v) is 5.83. The number of phenols is 2. The van der Waals surface area contributed by atoms with Crippen molar-refractivity contribution in [3.8, 4) is 34.3 Å². The van der Waals surface area contributed by atoms with E-state index in [-0.39, 0.29) is 28.0 Å². The quantitative estimate of drug-likeness (QED) is 0.176. The van der Waals surface area contributed by atoms with Crippen molar-refractivity contribution in [3.05, 3.63) is 49.9 Å². The molecule has 2 heterocycles. The highest BCUT2D eigenvalue weighted by Crippen LogP contribution is 2.39. The Labute approximate surface area is 150 Å². The summed E-state index contributed by atoms with van der Waals surface area (Å²) < 4.78 is 5.58. The largest absolute Gasteiger partial charge is 0.617 e. The highest BCUT2D eigenvalue weighted by molar-refractivity contribution is 6.31. The molecule has 10 nitrogen and oxygen atoms in total. The molecule has 2 N–H and O–H groups in total. The Balaban J connectivity index is 2.13. The van der Waals surface area contributed by atoms with Crippen molar-refractivity contribution in [2.24, 2.45) is 0 Å². The van der Waals surface area contributed by atoms with Crippen molar-refractivity contribution in [2.45, 2.75) is 13.8 Å². The number of nitro benzene ring substituents is 1. The minimum atomic E-state index is -0.872. The van der Waals surface area contributed by atoms with Crippen LogP contribution in [0, 0.1) is 29.2 Å². The number of nitrogens with zero attached hydrogens (tertiary/aromatic N) is 4. The number of benzene rings is 1. The summed E-state index contributed by atoms with van der Waals surface area (Å²) >= 11 is 6.07. The number of hydrogen-bond acceptors (Lipinski definition) is 8. The molecule has 0 unspecified atom stereocenters. The molecular formula is C15H11ClN4O6. The van der Waals surface area contributed by atoms with Gasteiger partial charge in [-0.1, -0.05) is 5.16 Å². The highest BCUT2D eigenvalue weighted by Gasteiger charge is 2.25. The molecule has 0 atom stereocenters. The first-order valence-corrected chi connectivity index (χ1v) is 7.52. The summed E-state index contributed by atoms with van der Waals surface area (Å²) in [5.74, 6) is -1.74. The van der Waals surface area contributed by atoms with Gasteiger partial charge in [-0.3, -0.25) is 10.1 Å². The molecule has 0 fully saturated rings. The maximum absolute atomic E-state index is 12.0. The third-order valence-electron chi connectivity index (χ3n) is 3.69. The smallest absolute Gasteiger partial charge is 0.315 e. The number of hydrogen-bond donors (Lipinski definition) is 2. The van der Waals surface area contributed by atoms with E-state index in [9.17, 15) is 25.5 Å². The molecule has 0 saturated carbocycles. The molecule has 0 aliphatic heterocycles. The number of pyridine rings is 1. The molecule has 2 aromatic heterocycles. The molecule has 0 bridgehead atoms. The maximum atomic E-state index is 12.0. The zero-order valence-electron chi connectivity index (χ0n) is 13.4. The lowest BCUT2D eigenvalue weighted by atomic mass is 10.1. The first-order chi connectivity index (χ1) is 12.2. The molecule has 11 heteroatoms. The number of rotatable bonds is 3. The Morgan fingerprint density at radius 3 is 2.62 bits per heavy atom. The van der Waals surface area contributed by atoms with E-state index >= 15 is 0 Å². The van der Waals surface area contributed by atoms with Crippen LogP contribution in [0.5, 0.6) is 11.5 Å². The van der Waals surface area contributed by atoms with Gasteiger partial charge in [-0.15, -0.1) is 0 Å². The summed E-state index contributed by atoms with van der Waals surface area (Å²) in [7, 11) is 0. The van der Waals surface area contributed by atoms with Gasteiger partial charge in [0.2, 0.25) is 11.6 Å². The highest BCUT2D eigenvalue weighted by atomic mass is 35.5. The van der Waals surface area contributed by atoms with Gasteiger partial charge in [0.05, 0.1) is 10.5 Å². The second-order valence-electron chi connectivity index (χ2n) is 5.47. The van der Waals surface area contributed by atoms with E-state index in [4.69, 9.17) is 16.1 Å². The maximum Gasteiger partial charge on any atom is 0.315 e. The lowest BCUT2D eigenvalue weighted by molar-refractivity contribution is -0.609. The zero-order valence-corrected chi connectivity index (χ0v) is 14.2. The van der Waals surface area contributed by atoms with Gasteiger partial charge >= 0.3 is 5.69 Å². The number of aromatic nitrogens is 3. The van der Waals surface area contributed by atoms with Crippen LogP contribution in [0.1, 0.15) is 11.3 Å². The van der Waals surface area contributed by atoms with Crippen molar-refractivity contribution in [3.63, 3.8) is 0 Å². The second kappa shape index (κ2) is 6.15. The fourth-order valence-electron chi connectivity index (χ4n) is 2.44. The van der Waals surface area contributed by atoms with E-state index in [0.29, 0.717) is 16.0 Å². The topological polar surface area (TPSA) is 149 Å². The predicted molar refractivity (Wildman–Crippen MR) is 88.6 cm³/mol. The SMILES string of the molecule is Cc1cc(C)[n+]([O-])c(Cl)c1-c1noc(-c2cc(O)c(O)c([N+](=O)[O-])c2)n1. The van der Waals surface area contributed by atoms with Crippen molar-refractivity contribution in [1.82, 2.24) is 10.1 Å². The lowest BCUT2D eigenvalue weighted by Gasteiger charge is -2.07. The number of nitro groups is 1. The van der Waals surface area contributed by atoms with Gasteiger partial charge in [0, 0.05) is 19.1 Å². The molecule has 0 aliphatic rings. The Kier molecular flexibility index (Phi) is 4.12. The molecule has 26 heavy (non-hydrogen) atoms. The van der Waals surface area contributed by atoms with Gasteiger partial charge in [0.1, 0.15) is 5.56 Å². The van der Waals surface area contributed by atoms with E-state index in [2.05, 4.69) is 10.1 Å². The van der Waals surface area contributed by atoms with Crippen molar-refractivity contribution in [2.75, 3.05) is 0 Å². The van der Waals surface area contributed by atoms with Crippen LogP contribution < -0.4 is 4.73 Å². The number of aryl methyl sites for hydroxylation is 2.